The summed E-state index contributed by atoms with van der Waals surface area (Å²) in [6, 6.07) is 6.62. The van der Waals surface area contributed by atoms with Gasteiger partial charge in [-0.1, -0.05) is 22.0 Å². The molecule has 3 N–H and O–H groups in total. The van der Waals surface area contributed by atoms with Crippen LogP contribution in [-0.4, -0.2) is 16.0 Å². The van der Waals surface area contributed by atoms with E-state index >= 15 is 0 Å². The summed E-state index contributed by atoms with van der Waals surface area (Å²) in [6.07, 6.45) is 2.85. The molecule has 0 amide bonds. The van der Waals surface area contributed by atoms with Crippen molar-refractivity contribution in [2.45, 2.75) is 32.2 Å². The Hall–Kier alpha value is -1.13. The molecule has 2 aromatic rings. The van der Waals surface area contributed by atoms with Gasteiger partial charge in [0.25, 0.3) is 0 Å². The third kappa shape index (κ3) is 2.10. The first-order valence-electron chi connectivity index (χ1n) is 6.25. The lowest BCUT2D eigenvalue weighted by Gasteiger charge is -2.03. The van der Waals surface area contributed by atoms with Gasteiger partial charge in [0.1, 0.15) is 5.82 Å². The minimum Gasteiger partial charge on any atom is -0.345 e. The Bertz CT molecular complexity index is 587. The average molecular weight is 306 g/mol. The maximum atomic E-state index is 5.78. The highest BCUT2D eigenvalue weighted by Crippen LogP contribution is 2.36. The van der Waals surface area contributed by atoms with Crippen molar-refractivity contribution in [3.8, 4) is 11.3 Å². The van der Waals surface area contributed by atoms with E-state index in [1.165, 1.54) is 16.8 Å². The maximum Gasteiger partial charge on any atom is 0.107 e. The van der Waals surface area contributed by atoms with Crippen LogP contribution in [0.4, 0.5) is 0 Å². The van der Waals surface area contributed by atoms with Gasteiger partial charge in [-0.25, -0.2) is 4.98 Å². The average Bonchev–Trinajstić information content (AvgIpc) is 2.82. The molecule has 1 atom stereocenters. The van der Waals surface area contributed by atoms with E-state index in [0.717, 1.165) is 35.3 Å². The molecule has 1 unspecified atom stereocenters. The minimum atomic E-state index is 0.230. The van der Waals surface area contributed by atoms with Crippen LogP contribution in [0.15, 0.2) is 22.7 Å². The third-order valence-electron chi connectivity index (χ3n) is 3.35. The Morgan fingerprint density at radius 3 is 3.11 bits per heavy atom. The van der Waals surface area contributed by atoms with Crippen molar-refractivity contribution < 1.29 is 0 Å². The van der Waals surface area contributed by atoms with Crippen LogP contribution in [0.2, 0.25) is 0 Å². The van der Waals surface area contributed by atoms with Crippen LogP contribution in [0.5, 0.6) is 0 Å². The second-order valence-corrected chi connectivity index (χ2v) is 5.92. The van der Waals surface area contributed by atoms with Crippen LogP contribution in [0.25, 0.3) is 11.3 Å². The topological polar surface area (TPSA) is 54.7 Å². The molecule has 3 rings (SSSR count). The van der Waals surface area contributed by atoms with E-state index in [9.17, 15) is 0 Å². The van der Waals surface area contributed by atoms with Gasteiger partial charge in [-0.15, -0.1) is 0 Å². The van der Waals surface area contributed by atoms with Gasteiger partial charge in [-0.05, 0) is 31.0 Å². The number of nitrogens with two attached hydrogens (primary N) is 1. The molecule has 1 heterocycles. The van der Waals surface area contributed by atoms with Gasteiger partial charge in [0.15, 0.2) is 0 Å². The van der Waals surface area contributed by atoms with Crippen LogP contribution in [0.3, 0.4) is 0 Å². The molecule has 4 heteroatoms. The molecule has 0 saturated heterocycles. The molecule has 1 aromatic carbocycles. The van der Waals surface area contributed by atoms with Crippen LogP contribution in [-0.2, 0) is 12.8 Å². The van der Waals surface area contributed by atoms with E-state index < -0.39 is 0 Å². The lowest BCUT2D eigenvalue weighted by molar-refractivity contribution is 0.651. The molecule has 1 aliphatic rings. The normalized spacial score (nSPS) is 14.4. The number of hydrogen-bond donors (Lipinski definition) is 2. The lowest BCUT2D eigenvalue weighted by Crippen LogP contribution is -2.15. The summed E-state index contributed by atoms with van der Waals surface area (Å²) in [5, 5.41) is 0. The largest absolute Gasteiger partial charge is 0.345 e. The number of benzene rings is 1. The van der Waals surface area contributed by atoms with Crippen molar-refractivity contribution in [2.24, 2.45) is 5.73 Å². The van der Waals surface area contributed by atoms with Crippen molar-refractivity contribution in [3.63, 3.8) is 0 Å². The number of nitrogens with one attached hydrogen (secondary N) is 1. The van der Waals surface area contributed by atoms with Gasteiger partial charge in [-0.2, -0.15) is 0 Å². The number of rotatable bonds is 3. The molecule has 1 aliphatic carbocycles. The van der Waals surface area contributed by atoms with Gasteiger partial charge in [0.05, 0.1) is 5.69 Å². The van der Waals surface area contributed by atoms with Crippen molar-refractivity contribution in [3.05, 3.63) is 39.8 Å². The zero-order valence-electron chi connectivity index (χ0n) is 10.3. The molecule has 0 radical (unpaired) electrons. The number of H-pyrrole nitrogens is 1. The SMILES string of the molecule is CC(N)CCc1nc2c([nH]1)Cc1cc(Br)ccc1-2. The Morgan fingerprint density at radius 2 is 2.33 bits per heavy atom. The first-order valence-corrected chi connectivity index (χ1v) is 7.05. The van der Waals surface area contributed by atoms with Gasteiger partial charge in [0.2, 0.25) is 0 Å². The van der Waals surface area contributed by atoms with E-state index in [0.29, 0.717) is 0 Å². The zero-order valence-corrected chi connectivity index (χ0v) is 11.9. The number of aromatic nitrogens is 2. The van der Waals surface area contributed by atoms with Gasteiger partial charge < -0.3 is 10.7 Å². The minimum absolute atomic E-state index is 0.230. The standard InChI is InChI=1S/C14H16BrN3/c1-8(16)2-5-13-17-12-7-9-6-10(15)3-4-11(9)14(12)18-13/h3-4,6,8H,2,5,7,16H2,1H3,(H,17,18). The van der Waals surface area contributed by atoms with E-state index in [4.69, 9.17) is 10.7 Å². The smallest absolute Gasteiger partial charge is 0.107 e. The summed E-state index contributed by atoms with van der Waals surface area (Å²) in [4.78, 5) is 8.14. The van der Waals surface area contributed by atoms with E-state index in [1.807, 2.05) is 6.92 Å². The molecular weight excluding hydrogens is 290 g/mol. The number of fused-ring (bicyclic) bond motifs is 3. The fraction of sp³-hybridized carbons (Fsp3) is 0.357. The summed E-state index contributed by atoms with van der Waals surface area (Å²) in [5.41, 5.74) is 10.7. The van der Waals surface area contributed by atoms with Crippen molar-refractivity contribution >= 4 is 15.9 Å². The van der Waals surface area contributed by atoms with Crippen LogP contribution >= 0.6 is 15.9 Å². The predicted octanol–water partition coefficient (Wildman–Crippen LogP) is 3.02. The molecule has 0 aliphatic heterocycles. The van der Waals surface area contributed by atoms with Gasteiger partial charge >= 0.3 is 0 Å². The number of hydrogen-bond acceptors (Lipinski definition) is 2. The molecule has 0 saturated carbocycles. The number of halogens is 1. The highest BCUT2D eigenvalue weighted by molar-refractivity contribution is 9.10. The molecule has 3 nitrogen and oxygen atoms in total. The molecule has 0 fully saturated rings. The molecular formula is C14H16BrN3. The predicted molar refractivity (Wildman–Crippen MR) is 76.5 cm³/mol. The summed E-state index contributed by atoms with van der Waals surface area (Å²) >= 11 is 3.51. The second-order valence-electron chi connectivity index (χ2n) is 5.00. The third-order valence-corrected chi connectivity index (χ3v) is 3.85. The van der Waals surface area contributed by atoms with E-state index in [-0.39, 0.29) is 6.04 Å². The lowest BCUT2D eigenvalue weighted by atomic mass is 10.1. The second kappa shape index (κ2) is 4.52. The molecule has 0 bridgehead atoms. The molecule has 1 aromatic heterocycles. The quantitative estimate of drug-likeness (QED) is 0.781. The summed E-state index contributed by atoms with van der Waals surface area (Å²) in [6.45, 7) is 2.03. The molecule has 18 heavy (non-hydrogen) atoms. The monoisotopic (exact) mass is 305 g/mol. The fourth-order valence-electron chi connectivity index (χ4n) is 2.43. The fourth-order valence-corrected chi connectivity index (χ4v) is 2.84. The van der Waals surface area contributed by atoms with Crippen molar-refractivity contribution in [2.75, 3.05) is 0 Å². The Morgan fingerprint density at radius 1 is 1.50 bits per heavy atom. The van der Waals surface area contributed by atoms with Gasteiger partial charge in [0, 0.05) is 34.6 Å². The van der Waals surface area contributed by atoms with E-state index in [2.05, 4.69) is 39.1 Å². The summed E-state index contributed by atoms with van der Waals surface area (Å²) < 4.78 is 1.13. The van der Waals surface area contributed by atoms with Crippen LogP contribution in [0, 0.1) is 0 Å². The highest BCUT2D eigenvalue weighted by atomic mass is 79.9. The molecule has 94 valence electrons. The summed E-state index contributed by atoms with van der Waals surface area (Å²) in [7, 11) is 0. The zero-order chi connectivity index (χ0) is 12.7. The van der Waals surface area contributed by atoms with Crippen molar-refractivity contribution in [1.82, 2.24) is 9.97 Å². The first kappa shape index (κ1) is 11.9. The summed E-state index contributed by atoms with van der Waals surface area (Å²) in [5.74, 6) is 1.06. The number of aromatic amines is 1. The number of nitrogens with zero attached hydrogens (tertiary/aromatic N) is 1. The molecule has 0 spiro atoms. The maximum absolute atomic E-state index is 5.78. The van der Waals surface area contributed by atoms with Crippen LogP contribution < -0.4 is 5.73 Å². The number of aryl methyl sites for hydroxylation is 1. The Kier molecular flexibility index (Phi) is 2.99. The van der Waals surface area contributed by atoms with Gasteiger partial charge in [-0.3, -0.25) is 0 Å². The van der Waals surface area contributed by atoms with E-state index in [1.54, 1.807) is 0 Å². The van der Waals surface area contributed by atoms with Crippen LogP contribution in [0.1, 0.15) is 30.4 Å². The number of imidazole rings is 1. The Balaban J connectivity index is 1.88. The first-order chi connectivity index (χ1) is 8.63. The van der Waals surface area contributed by atoms with Crippen molar-refractivity contribution in [1.29, 1.82) is 0 Å². The highest BCUT2D eigenvalue weighted by Gasteiger charge is 2.22. The Labute approximate surface area is 115 Å².